The summed E-state index contributed by atoms with van der Waals surface area (Å²) in [5.41, 5.74) is -0.113. The maximum atomic E-state index is 13.1. The van der Waals surface area contributed by atoms with Gasteiger partial charge in [-0.1, -0.05) is 0 Å². The number of carbonyl (C=O) groups is 4. The smallest absolute Gasteiger partial charge is 0.308 e. The summed E-state index contributed by atoms with van der Waals surface area (Å²) in [5, 5.41) is 10.4. The van der Waals surface area contributed by atoms with E-state index in [4.69, 9.17) is 14.2 Å². The molecule has 1 N–H and O–H groups in total. The van der Waals surface area contributed by atoms with Gasteiger partial charge in [-0.2, -0.15) is 0 Å². The molecule has 0 saturated carbocycles. The van der Waals surface area contributed by atoms with Crippen molar-refractivity contribution < 1.29 is 38.5 Å². The Labute approximate surface area is 159 Å². The Kier molecular flexibility index (Phi) is 4.64. The van der Waals surface area contributed by atoms with Gasteiger partial charge < -0.3 is 19.3 Å². The second kappa shape index (κ2) is 6.80. The number of ether oxygens (including phenoxy) is 3. The third-order valence-corrected chi connectivity index (χ3v) is 4.21. The lowest BCUT2D eigenvalue weighted by atomic mass is 9.82. The van der Waals surface area contributed by atoms with Crippen molar-refractivity contribution in [1.82, 2.24) is 0 Å². The number of aromatic hydroxyl groups is 1. The van der Waals surface area contributed by atoms with Crippen LogP contribution in [0.25, 0.3) is 0 Å². The molecule has 0 saturated heterocycles. The Hall–Kier alpha value is -3.68. The van der Waals surface area contributed by atoms with Crippen LogP contribution in [-0.2, 0) is 9.59 Å². The van der Waals surface area contributed by atoms with Crippen molar-refractivity contribution in [2.24, 2.45) is 0 Å². The molecule has 0 unspecified atom stereocenters. The topological polar surface area (TPSA) is 116 Å². The number of fused-ring (bicyclic) bond motifs is 2. The summed E-state index contributed by atoms with van der Waals surface area (Å²) in [4.78, 5) is 48.9. The van der Waals surface area contributed by atoms with Crippen LogP contribution in [0.5, 0.6) is 23.0 Å². The predicted molar refractivity (Wildman–Crippen MR) is 95.3 cm³/mol. The number of hydrogen-bond acceptors (Lipinski definition) is 8. The average Bonchev–Trinajstić information content (AvgIpc) is 2.61. The van der Waals surface area contributed by atoms with Gasteiger partial charge in [0.25, 0.3) is 0 Å². The monoisotopic (exact) mass is 384 g/mol. The molecule has 0 amide bonds. The number of esters is 2. The van der Waals surface area contributed by atoms with Gasteiger partial charge in [-0.05, 0) is 24.6 Å². The highest BCUT2D eigenvalue weighted by atomic mass is 16.5. The van der Waals surface area contributed by atoms with E-state index in [1.165, 1.54) is 26.2 Å². The fourth-order valence-electron chi connectivity index (χ4n) is 3.06. The van der Waals surface area contributed by atoms with Crippen molar-refractivity contribution >= 4 is 23.5 Å². The van der Waals surface area contributed by atoms with Gasteiger partial charge in [-0.25, -0.2) is 0 Å². The number of benzene rings is 2. The number of methoxy groups -OCH3 is 1. The quantitative estimate of drug-likeness (QED) is 0.540. The van der Waals surface area contributed by atoms with Gasteiger partial charge in [0, 0.05) is 31.0 Å². The van der Waals surface area contributed by atoms with Gasteiger partial charge in [-0.15, -0.1) is 0 Å². The molecule has 8 heteroatoms. The lowest BCUT2D eigenvalue weighted by molar-refractivity contribution is -0.132. The Morgan fingerprint density at radius 3 is 1.93 bits per heavy atom. The molecule has 28 heavy (non-hydrogen) atoms. The van der Waals surface area contributed by atoms with Crippen molar-refractivity contribution in [2.45, 2.75) is 20.8 Å². The lowest BCUT2D eigenvalue weighted by Gasteiger charge is -2.23. The molecule has 144 valence electrons. The highest BCUT2D eigenvalue weighted by molar-refractivity contribution is 6.30. The molecule has 1 aliphatic rings. The van der Waals surface area contributed by atoms with E-state index in [2.05, 4.69) is 0 Å². The normalized spacial score (nSPS) is 12.1. The van der Waals surface area contributed by atoms with E-state index in [1.54, 1.807) is 6.92 Å². The molecule has 0 bridgehead atoms. The van der Waals surface area contributed by atoms with Gasteiger partial charge in [0.05, 0.1) is 18.2 Å². The fraction of sp³-hybridized carbons (Fsp3) is 0.200. The molecule has 8 nitrogen and oxygen atoms in total. The molecule has 0 atom stereocenters. The van der Waals surface area contributed by atoms with Crippen LogP contribution in [-0.4, -0.2) is 35.7 Å². The van der Waals surface area contributed by atoms with Crippen molar-refractivity contribution in [3.63, 3.8) is 0 Å². The number of phenols is 1. The highest BCUT2D eigenvalue weighted by Crippen LogP contribution is 2.44. The van der Waals surface area contributed by atoms with E-state index in [1.807, 2.05) is 0 Å². The SMILES string of the molecule is COc1cc(OC(C)=O)c2c(c1O)C(=O)c1cc(C)c(OC(C)=O)cc1C2=O. The Morgan fingerprint density at radius 2 is 1.36 bits per heavy atom. The summed E-state index contributed by atoms with van der Waals surface area (Å²) in [6.45, 7) is 3.96. The zero-order chi connectivity index (χ0) is 20.7. The second-order valence-electron chi connectivity index (χ2n) is 6.18. The first-order valence-corrected chi connectivity index (χ1v) is 8.20. The molecule has 1 aliphatic carbocycles. The van der Waals surface area contributed by atoms with Crippen molar-refractivity contribution in [1.29, 1.82) is 0 Å². The van der Waals surface area contributed by atoms with Crippen molar-refractivity contribution in [3.8, 4) is 23.0 Å². The van der Waals surface area contributed by atoms with Crippen LogP contribution in [0.4, 0.5) is 0 Å². The van der Waals surface area contributed by atoms with Gasteiger partial charge >= 0.3 is 11.9 Å². The summed E-state index contributed by atoms with van der Waals surface area (Å²) in [6, 6.07) is 3.85. The Morgan fingerprint density at radius 1 is 0.821 bits per heavy atom. The zero-order valence-corrected chi connectivity index (χ0v) is 15.5. The fourth-order valence-corrected chi connectivity index (χ4v) is 3.06. The van der Waals surface area contributed by atoms with E-state index in [9.17, 15) is 24.3 Å². The average molecular weight is 384 g/mol. The number of rotatable bonds is 3. The summed E-state index contributed by atoms with van der Waals surface area (Å²) in [7, 11) is 1.26. The van der Waals surface area contributed by atoms with Crippen LogP contribution >= 0.6 is 0 Å². The van der Waals surface area contributed by atoms with E-state index in [-0.39, 0.29) is 39.5 Å². The minimum absolute atomic E-state index is 0.0303. The molecule has 0 aliphatic heterocycles. The van der Waals surface area contributed by atoms with Crippen LogP contribution in [0, 0.1) is 6.92 Å². The molecule has 0 heterocycles. The standard InChI is InChI=1S/C20H16O8/c1-8-5-11-12(6-13(8)27-9(2)21)18(23)16-14(28-10(3)22)7-15(26-4)20(25)17(16)19(11)24/h5-7,25H,1-4H3. The first kappa shape index (κ1) is 19.1. The summed E-state index contributed by atoms with van der Waals surface area (Å²) in [5.74, 6) is -3.34. The lowest BCUT2D eigenvalue weighted by Crippen LogP contribution is -2.23. The van der Waals surface area contributed by atoms with Crippen LogP contribution in [0.1, 0.15) is 51.3 Å². The Bertz CT molecular complexity index is 1060. The van der Waals surface area contributed by atoms with Crippen molar-refractivity contribution in [2.75, 3.05) is 7.11 Å². The maximum absolute atomic E-state index is 13.1. The third-order valence-electron chi connectivity index (χ3n) is 4.21. The van der Waals surface area contributed by atoms with Gasteiger partial charge in [0.15, 0.2) is 23.1 Å². The number of phenolic OH excluding ortho intramolecular Hbond substituents is 1. The number of hydrogen-bond donors (Lipinski definition) is 1. The number of ketones is 2. The van der Waals surface area contributed by atoms with Gasteiger partial charge in [-0.3, -0.25) is 19.2 Å². The maximum Gasteiger partial charge on any atom is 0.308 e. The van der Waals surface area contributed by atoms with Gasteiger partial charge in [0.1, 0.15) is 11.5 Å². The molecular weight excluding hydrogens is 368 g/mol. The van der Waals surface area contributed by atoms with E-state index >= 15 is 0 Å². The largest absolute Gasteiger partial charge is 0.504 e. The van der Waals surface area contributed by atoms with Gasteiger partial charge in [0.2, 0.25) is 0 Å². The number of aryl methyl sites for hydroxylation is 1. The molecule has 0 fully saturated rings. The van der Waals surface area contributed by atoms with Crippen LogP contribution < -0.4 is 14.2 Å². The molecule has 3 rings (SSSR count). The second-order valence-corrected chi connectivity index (χ2v) is 6.18. The van der Waals surface area contributed by atoms with Crippen LogP contribution in [0.3, 0.4) is 0 Å². The molecule has 0 spiro atoms. The molecule has 2 aromatic carbocycles. The number of carbonyl (C=O) groups excluding carboxylic acids is 4. The van der Waals surface area contributed by atoms with E-state index in [0.717, 1.165) is 13.0 Å². The van der Waals surface area contributed by atoms with E-state index < -0.39 is 29.3 Å². The molecule has 0 aromatic heterocycles. The first-order chi connectivity index (χ1) is 13.1. The molecular formula is C20H16O8. The zero-order valence-electron chi connectivity index (χ0n) is 15.5. The van der Waals surface area contributed by atoms with Crippen molar-refractivity contribution in [3.05, 3.63) is 46.0 Å². The van der Waals surface area contributed by atoms with Crippen LogP contribution in [0.15, 0.2) is 18.2 Å². The summed E-state index contributed by atoms with van der Waals surface area (Å²) >= 11 is 0. The summed E-state index contributed by atoms with van der Waals surface area (Å²) in [6.07, 6.45) is 0. The summed E-state index contributed by atoms with van der Waals surface area (Å²) < 4.78 is 15.2. The Balaban J connectivity index is 2.30. The minimum Gasteiger partial charge on any atom is -0.504 e. The first-order valence-electron chi connectivity index (χ1n) is 8.20. The highest BCUT2D eigenvalue weighted by Gasteiger charge is 2.37. The molecule has 2 aromatic rings. The molecule has 0 radical (unpaired) electrons. The predicted octanol–water partition coefficient (Wildman–Crippen LogP) is 2.34. The minimum atomic E-state index is -0.717. The third kappa shape index (κ3) is 2.98. The van der Waals surface area contributed by atoms with Crippen LogP contribution in [0.2, 0.25) is 0 Å². The van der Waals surface area contributed by atoms with E-state index in [0.29, 0.717) is 5.56 Å².